The first-order valence-electron chi connectivity index (χ1n) is 6.73. The van der Waals surface area contributed by atoms with Crippen LogP contribution in [0.25, 0.3) is 0 Å². The van der Waals surface area contributed by atoms with E-state index < -0.39 is 0 Å². The second kappa shape index (κ2) is 6.52. The Hall–Kier alpha value is -1.62. The molecule has 1 aliphatic rings. The number of carbonyl (C=O) groups excluding carboxylic acids is 1. The smallest absolute Gasteiger partial charge is 0.253 e. The molecule has 5 nitrogen and oxygen atoms in total. The molecule has 2 rings (SSSR count). The number of pyridine rings is 1. The normalized spacial score (nSPS) is 17.8. The topological polar surface area (TPSA) is 63.2 Å². The van der Waals surface area contributed by atoms with Crippen molar-refractivity contribution >= 4 is 11.7 Å². The Balaban J connectivity index is 1.91. The van der Waals surface area contributed by atoms with E-state index in [1.54, 1.807) is 25.4 Å². The highest BCUT2D eigenvalue weighted by atomic mass is 16.5. The van der Waals surface area contributed by atoms with E-state index in [4.69, 9.17) is 4.74 Å². The first-order valence-corrected chi connectivity index (χ1v) is 6.73. The fourth-order valence-corrected chi connectivity index (χ4v) is 2.30. The van der Waals surface area contributed by atoms with Gasteiger partial charge in [-0.05, 0) is 37.8 Å². The minimum Gasteiger partial charge on any atom is -0.381 e. The molecule has 2 heterocycles. The Labute approximate surface area is 113 Å². The highest BCUT2D eigenvalue weighted by Gasteiger charge is 2.22. The molecule has 1 saturated heterocycles. The number of aromatic nitrogens is 1. The van der Waals surface area contributed by atoms with E-state index in [-0.39, 0.29) is 11.9 Å². The van der Waals surface area contributed by atoms with Crippen LogP contribution in [-0.4, -0.2) is 37.2 Å². The molecule has 1 atom stereocenters. The van der Waals surface area contributed by atoms with Crippen molar-refractivity contribution in [2.75, 3.05) is 25.6 Å². The Morgan fingerprint density at radius 3 is 2.74 bits per heavy atom. The lowest BCUT2D eigenvalue weighted by molar-refractivity contribution is 0.0538. The number of anilines is 1. The van der Waals surface area contributed by atoms with E-state index in [9.17, 15) is 4.79 Å². The summed E-state index contributed by atoms with van der Waals surface area (Å²) in [4.78, 5) is 16.2. The fourth-order valence-electron chi connectivity index (χ4n) is 2.30. The van der Waals surface area contributed by atoms with Gasteiger partial charge in [-0.15, -0.1) is 0 Å². The van der Waals surface area contributed by atoms with Crippen LogP contribution in [0, 0.1) is 5.92 Å². The Kier molecular flexibility index (Phi) is 4.74. The Morgan fingerprint density at radius 1 is 1.42 bits per heavy atom. The van der Waals surface area contributed by atoms with Crippen molar-refractivity contribution in [3.63, 3.8) is 0 Å². The van der Waals surface area contributed by atoms with Crippen LogP contribution in [0.15, 0.2) is 18.3 Å². The molecular formula is C14H21N3O2. The van der Waals surface area contributed by atoms with Crippen LogP contribution in [0.1, 0.15) is 30.1 Å². The molecule has 1 aromatic rings. The van der Waals surface area contributed by atoms with E-state index in [0.29, 0.717) is 11.5 Å². The van der Waals surface area contributed by atoms with Crippen molar-refractivity contribution in [1.29, 1.82) is 0 Å². The van der Waals surface area contributed by atoms with E-state index in [2.05, 4.69) is 22.5 Å². The molecular weight excluding hydrogens is 242 g/mol. The molecule has 0 radical (unpaired) electrons. The van der Waals surface area contributed by atoms with Gasteiger partial charge in [-0.3, -0.25) is 4.79 Å². The molecule has 1 aromatic heterocycles. The molecule has 1 fully saturated rings. The summed E-state index contributed by atoms with van der Waals surface area (Å²) < 4.78 is 5.34. The minimum absolute atomic E-state index is 0.0610. The van der Waals surface area contributed by atoms with E-state index >= 15 is 0 Å². The summed E-state index contributed by atoms with van der Waals surface area (Å²) in [6.45, 7) is 3.65. The Morgan fingerprint density at radius 2 is 2.16 bits per heavy atom. The van der Waals surface area contributed by atoms with Crippen LogP contribution in [-0.2, 0) is 4.74 Å². The number of carbonyl (C=O) groups is 1. The fraction of sp³-hybridized carbons (Fsp3) is 0.571. The lowest BCUT2D eigenvalue weighted by Gasteiger charge is -2.28. The number of nitrogens with one attached hydrogen (secondary N) is 2. The van der Waals surface area contributed by atoms with Gasteiger partial charge in [-0.1, -0.05) is 0 Å². The zero-order valence-corrected chi connectivity index (χ0v) is 11.5. The highest BCUT2D eigenvalue weighted by Crippen LogP contribution is 2.18. The zero-order chi connectivity index (χ0) is 13.7. The molecule has 2 N–H and O–H groups in total. The molecule has 19 heavy (non-hydrogen) atoms. The summed E-state index contributed by atoms with van der Waals surface area (Å²) in [7, 11) is 1.80. The number of ether oxygens (including phenoxy) is 1. The summed E-state index contributed by atoms with van der Waals surface area (Å²) in [5.41, 5.74) is 0.595. The van der Waals surface area contributed by atoms with Crippen LogP contribution < -0.4 is 10.6 Å². The van der Waals surface area contributed by atoms with Crippen LogP contribution in [0.3, 0.4) is 0 Å². The standard InChI is InChI=1S/C14H21N3O2/c1-10(11-5-7-19-8-6-11)17-14(18)12-3-4-13(15-2)16-9-12/h3-4,9-11H,5-8H2,1-2H3,(H,15,16)(H,17,18). The number of nitrogens with zero attached hydrogens (tertiary/aromatic N) is 1. The Bertz CT molecular complexity index is 413. The summed E-state index contributed by atoms with van der Waals surface area (Å²) in [6, 6.07) is 3.75. The lowest BCUT2D eigenvalue weighted by atomic mass is 9.93. The first kappa shape index (κ1) is 13.8. The second-order valence-corrected chi connectivity index (χ2v) is 4.89. The molecule has 1 unspecified atom stereocenters. The monoisotopic (exact) mass is 263 g/mol. The maximum atomic E-state index is 12.1. The quantitative estimate of drug-likeness (QED) is 0.867. The highest BCUT2D eigenvalue weighted by molar-refractivity contribution is 5.94. The summed E-state index contributed by atoms with van der Waals surface area (Å²) >= 11 is 0. The molecule has 104 valence electrons. The molecule has 0 bridgehead atoms. The third-order valence-corrected chi connectivity index (χ3v) is 3.61. The van der Waals surface area contributed by atoms with E-state index in [0.717, 1.165) is 31.9 Å². The summed E-state index contributed by atoms with van der Waals surface area (Å²) in [6.07, 6.45) is 3.62. The summed E-state index contributed by atoms with van der Waals surface area (Å²) in [5.74, 6) is 1.20. The van der Waals surface area contributed by atoms with Crippen LogP contribution in [0.4, 0.5) is 5.82 Å². The van der Waals surface area contributed by atoms with Gasteiger partial charge in [-0.2, -0.15) is 0 Å². The maximum absolute atomic E-state index is 12.1. The van der Waals surface area contributed by atoms with Gasteiger partial charge < -0.3 is 15.4 Å². The minimum atomic E-state index is -0.0610. The maximum Gasteiger partial charge on any atom is 0.253 e. The average Bonchev–Trinajstić information content (AvgIpc) is 2.48. The number of hydrogen-bond acceptors (Lipinski definition) is 4. The van der Waals surface area contributed by atoms with Crippen molar-refractivity contribution < 1.29 is 9.53 Å². The average molecular weight is 263 g/mol. The molecule has 0 spiro atoms. The molecule has 1 amide bonds. The van der Waals surface area contributed by atoms with Gasteiger partial charge in [0, 0.05) is 32.5 Å². The lowest BCUT2D eigenvalue weighted by Crippen LogP contribution is -2.40. The molecule has 0 aliphatic carbocycles. The van der Waals surface area contributed by atoms with Crippen molar-refractivity contribution in [3.8, 4) is 0 Å². The summed E-state index contributed by atoms with van der Waals surface area (Å²) in [5, 5.41) is 5.98. The van der Waals surface area contributed by atoms with Gasteiger partial charge in [0.25, 0.3) is 5.91 Å². The van der Waals surface area contributed by atoms with Crippen molar-refractivity contribution in [1.82, 2.24) is 10.3 Å². The second-order valence-electron chi connectivity index (χ2n) is 4.89. The predicted molar refractivity (Wildman–Crippen MR) is 74.3 cm³/mol. The number of hydrogen-bond donors (Lipinski definition) is 2. The van der Waals surface area contributed by atoms with E-state index in [1.165, 1.54) is 0 Å². The van der Waals surface area contributed by atoms with Crippen LogP contribution in [0.5, 0.6) is 0 Å². The SMILES string of the molecule is CNc1ccc(C(=O)NC(C)C2CCOCC2)cn1. The van der Waals surface area contributed by atoms with Gasteiger partial charge in [0.1, 0.15) is 5.82 Å². The van der Waals surface area contributed by atoms with Gasteiger partial charge >= 0.3 is 0 Å². The van der Waals surface area contributed by atoms with E-state index in [1.807, 2.05) is 0 Å². The molecule has 0 aromatic carbocycles. The van der Waals surface area contributed by atoms with Crippen molar-refractivity contribution in [2.45, 2.75) is 25.8 Å². The van der Waals surface area contributed by atoms with Gasteiger partial charge in [-0.25, -0.2) is 4.98 Å². The third-order valence-electron chi connectivity index (χ3n) is 3.61. The number of rotatable bonds is 4. The number of amides is 1. The van der Waals surface area contributed by atoms with Gasteiger partial charge in [0.15, 0.2) is 0 Å². The molecule has 0 saturated carbocycles. The zero-order valence-electron chi connectivity index (χ0n) is 11.5. The van der Waals surface area contributed by atoms with Gasteiger partial charge in [0.05, 0.1) is 5.56 Å². The van der Waals surface area contributed by atoms with Crippen LogP contribution >= 0.6 is 0 Å². The third kappa shape index (κ3) is 3.67. The predicted octanol–water partition coefficient (Wildman–Crippen LogP) is 1.67. The molecule has 5 heteroatoms. The van der Waals surface area contributed by atoms with Crippen molar-refractivity contribution in [3.05, 3.63) is 23.9 Å². The van der Waals surface area contributed by atoms with Gasteiger partial charge in [0.2, 0.25) is 0 Å². The van der Waals surface area contributed by atoms with Crippen LogP contribution in [0.2, 0.25) is 0 Å². The largest absolute Gasteiger partial charge is 0.381 e. The van der Waals surface area contributed by atoms with Crippen molar-refractivity contribution in [2.24, 2.45) is 5.92 Å². The first-order chi connectivity index (χ1) is 9.20. The molecule has 1 aliphatic heterocycles.